The van der Waals surface area contributed by atoms with E-state index in [0.717, 1.165) is 24.3 Å². The first-order valence-electron chi connectivity index (χ1n) is 5.27. The Bertz CT molecular complexity index is 380. The summed E-state index contributed by atoms with van der Waals surface area (Å²) in [6.45, 7) is 2.80. The second-order valence-electron chi connectivity index (χ2n) is 3.59. The van der Waals surface area contributed by atoms with E-state index in [0.29, 0.717) is 5.96 Å². The number of guanidine groups is 1. The topological polar surface area (TPSA) is 59.6 Å². The van der Waals surface area contributed by atoms with Crippen molar-refractivity contribution in [1.29, 1.82) is 0 Å². The third-order valence-electron chi connectivity index (χ3n) is 2.43. The Hall–Kier alpha value is -0.980. The van der Waals surface area contributed by atoms with E-state index in [2.05, 4.69) is 28.5 Å². The van der Waals surface area contributed by atoms with Crippen LogP contribution in [0.4, 0.5) is 0 Å². The van der Waals surface area contributed by atoms with E-state index in [1.165, 1.54) is 5.56 Å². The van der Waals surface area contributed by atoms with Gasteiger partial charge in [-0.1, -0.05) is 12.1 Å². The van der Waals surface area contributed by atoms with Gasteiger partial charge in [-0.25, -0.2) is 0 Å². The van der Waals surface area contributed by atoms with Gasteiger partial charge in [-0.3, -0.25) is 4.99 Å². The number of nitrogens with two attached hydrogens (primary N) is 1. The van der Waals surface area contributed by atoms with Crippen molar-refractivity contribution in [1.82, 2.24) is 5.32 Å². The van der Waals surface area contributed by atoms with Gasteiger partial charge in [0.2, 0.25) is 0 Å². The molecule has 0 heterocycles. The number of aryl methyl sites for hydroxylation is 1. The van der Waals surface area contributed by atoms with Crippen LogP contribution in [0, 0.1) is 6.92 Å². The van der Waals surface area contributed by atoms with Crippen molar-refractivity contribution < 1.29 is 4.74 Å². The zero-order valence-corrected chi connectivity index (χ0v) is 12.8. The molecule has 0 radical (unpaired) electrons. The number of rotatable bonds is 4. The first-order valence-corrected chi connectivity index (χ1v) is 5.27. The molecular weight excluding hydrogens is 329 g/mol. The van der Waals surface area contributed by atoms with Gasteiger partial charge in [-0.15, -0.1) is 24.0 Å². The SMILES string of the molecule is CN=C(N)NCCc1ccc(C)c(OC)c1.I. The number of aliphatic imine (C=N–C) groups is 1. The quantitative estimate of drug-likeness (QED) is 0.494. The summed E-state index contributed by atoms with van der Waals surface area (Å²) in [6.07, 6.45) is 0.896. The second kappa shape index (κ2) is 8.16. The number of ether oxygens (including phenoxy) is 1. The van der Waals surface area contributed by atoms with E-state index in [1.54, 1.807) is 14.2 Å². The van der Waals surface area contributed by atoms with E-state index >= 15 is 0 Å². The number of methoxy groups -OCH3 is 1. The lowest BCUT2D eigenvalue weighted by Gasteiger charge is -2.08. The van der Waals surface area contributed by atoms with Gasteiger partial charge in [0, 0.05) is 13.6 Å². The molecule has 0 spiro atoms. The highest BCUT2D eigenvalue weighted by atomic mass is 127. The summed E-state index contributed by atoms with van der Waals surface area (Å²) >= 11 is 0. The predicted octanol–water partition coefficient (Wildman–Crippen LogP) is 1.70. The Labute approximate surface area is 120 Å². The summed E-state index contributed by atoms with van der Waals surface area (Å²) in [7, 11) is 3.35. The molecule has 1 aromatic carbocycles. The molecule has 3 N–H and O–H groups in total. The number of hydrogen-bond acceptors (Lipinski definition) is 2. The fourth-order valence-corrected chi connectivity index (χ4v) is 1.43. The van der Waals surface area contributed by atoms with Gasteiger partial charge in [0.1, 0.15) is 5.75 Å². The van der Waals surface area contributed by atoms with Gasteiger partial charge in [0.25, 0.3) is 0 Å². The third-order valence-corrected chi connectivity index (χ3v) is 2.43. The number of nitrogens with zero attached hydrogens (tertiary/aromatic N) is 1. The molecule has 0 unspecified atom stereocenters. The molecule has 0 bridgehead atoms. The fourth-order valence-electron chi connectivity index (χ4n) is 1.43. The molecule has 0 aliphatic carbocycles. The summed E-state index contributed by atoms with van der Waals surface area (Å²) in [4.78, 5) is 3.83. The molecule has 0 atom stereocenters. The molecule has 5 heteroatoms. The molecule has 1 rings (SSSR count). The minimum atomic E-state index is 0. The van der Waals surface area contributed by atoms with E-state index in [-0.39, 0.29) is 24.0 Å². The molecule has 0 saturated carbocycles. The summed E-state index contributed by atoms with van der Waals surface area (Å²) < 4.78 is 5.27. The van der Waals surface area contributed by atoms with Crippen LogP contribution in [-0.4, -0.2) is 26.7 Å². The van der Waals surface area contributed by atoms with Crippen LogP contribution in [0.25, 0.3) is 0 Å². The second-order valence-corrected chi connectivity index (χ2v) is 3.59. The zero-order valence-electron chi connectivity index (χ0n) is 10.5. The van der Waals surface area contributed by atoms with E-state index in [9.17, 15) is 0 Å². The van der Waals surface area contributed by atoms with E-state index < -0.39 is 0 Å². The van der Waals surface area contributed by atoms with Crippen LogP contribution in [0.1, 0.15) is 11.1 Å². The molecule has 17 heavy (non-hydrogen) atoms. The first-order chi connectivity index (χ1) is 7.67. The van der Waals surface area contributed by atoms with Crippen LogP contribution in [0.3, 0.4) is 0 Å². The average Bonchev–Trinajstić information content (AvgIpc) is 2.31. The lowest BCUT2D eigenvalue weighted by Crippen LogP contribution is -2.32. The van der Waals surface area contributed by atoms with Crippen molar-refractivity contribution in [3.05, 3.63) is 29.3 Å². The summed E-state index contributed by atoms with van der Waals surface area (Å²) in [5, 5.41) is 3.02. The standard InChI is InChI=1S/C12H19N3O.HI/c1-9-4-5-10(8-11(9)16-3)6-7-15-12(13)14-2;/h4-5,8H,6-7H2,1-3H3,(H3,13,14,15);1H. The van der Waals surface area contributed by atoms with Crippen LogP contribution in [0.5, 0.6) is 5.75 Å². The van der Waals surface area contributed by atoms with Crippen molar-refractivity contribution in [3.63, 3.8) is 0 Å². The number of nitrogens with one attached hydrogen (secondary N) is 1. The number of halogens is 1. The molecule has 0 aliphatic rings. The highest BCUT2D eigenvalue weighted by molar-refractivity contribution is 14.0. The Morgan fingerprint density at radius 1 is 1.47 bits per heavy atom. The van der Waals surface area contributed by atoms with Gasteiger partial charge in [-0.05, 0) is 30.5 Å². The fraction of sp³-hybridized carbons (Fsp3) is 0.417. The Morgan fingerprint density at radius 2 is 2.18 bits per heavy atom. The van der Waals surface area contributed by atoms with Gasteiger partial charge >= 0.3 is 0 Å². The minimum absolute atomic E-state index is 0. The summed E-state index contributed by atoms with van der Waals surface area (Å²) in [5.41, 5.74) is 7.90. The van der Waals surface area contributed by atoms with Crippen LogP contribution < -0.4 is 15.8 Å². The van der Waals surface area contributed by atoms with E-state index in [1.807, 2.05) is 6.92 Å². The number of benzene rings is 1. The molecule has 1 aromatic rings. The van der Waals surface area contributed by atoms with Crippen LogP contribution in [-0.2, 0) is 6.42 Å². The van der Waals surface area contributed by atoms with Gasteiger partial charge in [0.15, 0.2) is 5.96 Å². The third kappa shape index (κ3) is 5.25. The molecule has 96 valence electrons. The van der Waals surface area contributed by atoms with Crippen molar-refractivity contribution in [2.45, 2.75) is 13.3 Å². The van der Waals surface area contributed by atoms with Gasteiger partial charge in [-0.2, -0.15) is 0 Å². The highest BCUT2D eigenvalue weighted by Crippen LogP contribution is 2.18. The maximum Gasteiger partial charge on any atom is 0.188 e. The van der Waals surface area contributed by atoms with Crippen LogP contribution in [0.15, 0.2) is 23.2 Å². The van der Waals surface area contributed by atoms with Crippen LogP contribution >= 0.6 is 24.0 Å². The normalized spacial score (nSPS) is 10.6. The van der Waals surface area contributed by atoms with Crippen molar-refractivity contribution in [2.75, 3.05) is 20.7 Å². The van der Waals surface area contributed by atoms with Gasteiger partial charge < -0.3 is 15.8 Å². The van der Waals surface area contributed by atoms with Crippen molar-refractivity contribution >= 4 is 29.9 Å². The Balaban J connectivity index is 0.00000256. The molecule has 0 saturated heterocycles. The van der Waals surface area contributed by atoms with E-state index in [4.69, 9.17) is 10.5 Å². The highest BCUT2D eigenvalue weighted by Gasteiger charge is 2.00. The molecule has 0 fully saturated rings. The Morgan fingerprint density at radius 3 is 2.76 bits per heavy atom. The molecule has 4 nitrogen and oxygen atoms in total. The maximum atomic E-state index is 5.53. The largest absolute Gasteiger partial charge is 0.496 e. The smallest absolute Gasteiger partial charge is 0.188 e. The predicted molar refractivity (Wildman–Crippen MR) is 82.4 cm³/mol. The van der Waals surface area contributed by atoms with Crippen LogP contribution in [0.2, 0.25) is 0 Å². The van der Waals surface area contributed by atoms with Crippen molar-refractivity contribution in [2.24, 2.45) is 10.7 Å². The number of hydrogen-bond donors (Lipinski definition) is 2. The molecule has 0 aromatic heterocycles. The molecular formula is C12H20IN3O. The van der Waals surface area contributed by atoms with Gasteiger partial charge in [0.05, 0.1) is 7.11 Å². The monoisotopic (exact) mass is 349 g/mol. The van der Waals surface area contributed by atoms with Crippen molar-refractivity contribution in [3.8, 4) is 5.75 Å². The first kappa shape index (κ1) is 16.0. The lowest BCUT2D eigenvalue weighted by atomic mass is 10.1. The minimum Gasteiger partial charge on any atom is -0.496 e. The maximum absolute atomic E-state index is 5.53. The summed E-state index contributed by atoms with van der Waals surface area (Å²) in [6, 6.07) is 6.21. The average molecular weight is 349 g/mol. The molecule has 0 aliphatic heterocycles. The summed E-state index contributed by atoms with van der Waals surface area (Å²) in [5.74, 6) is 1.40. The molecule has 0 amide bonds. The lowest BCUT2D eigenvalue weighted by molar-refractivity contribution is 0.411. The Kier molecular flexibility index (Phi) is 7.69. The zero-order chi connectivity index (χ0) is 12.0.